The molecule has 1 aromatic heterocycles. The number of rotatable bonds is 5. The summed E-state index contributed by atoms with van der Waals surface area (Å²) >= 11 is 1.01. The van der Waals surface area contributed by atoms with Gasteiger partial charge in [0.25, 0.3) is 10.0 Å². The van der Waals surface area contributed by atoms with E-state index in [4.69, 9.17) is 0 Å². The van der Waals surface area contributed by atoms with Gasteiger partial charge in [-0.2, -0.15) is 0 Å². The number of benzene rings is 1. The van der Waals surface area contributed by atoms with Crippen LogP contribution < -0.4 is 10.0 Å². The molecule has 21 heavy (non-hydrogen) atoms. The molecule has 0 saturated heterocycles. The van der Waals surface area contributed by atoms with Crippen molar-refractivity contribution in [2.24, 2.45) is 0 Å². The molecule has 2 rings (SSSR count). The van der Waals surface area contributed by atoms with Crippen molar-refractivity contribution in [1.82, 2.24) is 15.5 Å². The topological polar surface area (TPSA) is 84.0 Å². The Kier molecular flexibility index (Phi) is 4.49. The summed E-state index contributed by atoms with van der Waals surface area (Å²) in [7, 11) is -2.70. The number of nitrogens with one attached hydrogen (secondary N) is 2. The molecule has 2 aromatic rings. The zero-order chi connectivity index (χ0) is 15.6. The summed E-state index contributed by atoms with van der Waals surface area (Å²) in [6.45, 7) is 1.53. The molecule has 0 aliphatic carbocycles. The molecule has 0 unspecified atom stereocenters. The minimum atomic E-state index is -4.20. The first-order valence-corrected chi connectivity index (χ1v) is 8.09. The average Bonchev–Trinajstić information content (AvgIpc) is 2.78. The Bertz CT molecular complexity index is 762. The highest BCUT2D eigenvalue weighted by Gasteiger charge is 2.24. The van der Waals surface area contributed by atoms with Crippen LogP contribution in [0.1, 0.15) is 10.6 Å². The Morgan fingerprint density at radius 1 is 1.29 bits per heavy atom. The largest absolute Gasteiger partial charge is 0.315 e. The molecule has 10 heteroatoms. The number of halogens is 2. The Labute approximate surface area is 124 Å². The number of hydrogen-bond acceptors (Lipinski definition) is 6. The molecular weight excluding hydrogens is 322 g/mol. The van der Waals surface area contributed by atoms with E-state index in [1.54, 1.807) is 6.92 Å². The minimum Gasteiger partial charge on any atom is -0.315 e. The van der Waals surface area contributed by atoms with E-state index in [1.807, 2.05) is 0 Å². The lowest BCUT2D eigenvalue weighted by Gasteiger charge is -2.10. The van der Waals surface area contributed by atoms with Crippen LogP contribution in [0, 0.1) is 18.6 Å². The molecule has 0 spiro atoms. The molecule has 114 valence electrons. The summed E-state index contributed by atoms with van der Waals surface area (Å²) in [4.78, 5) is -0.637. The summed E-state index contributed by atoms with van der Waals surface area (Å²) in [5, 5.41) is 10.4. The Morgan fingerprint density at radius 3 is 2.57 bits per heavy atom. The van der Waals surface area contributed by atoms with Gasteiger partial charge >= 0.3 is 0 Å². The average molecular weight is 334 g/mol. The van der Waals surface area contributed by atoms with Crippen molar-refractivity contribution in [3.05, 3.63) is 34.3 Å². The summed E-state index contributed by atoms with van der Waals surface area (Å²) in [6, 6.07) is 1.79. The van der Waals surface area contributed by atoms with Crippen LogP contribution in [0.4, 0.5) is 13.9 Å². The fourth-order valence-electron chi connectivity index (χ4n) is 1.63. The number of hydrogen-bond donors (Lipinski definition) is 2. The van der Waals surface area contributed by atoms with Crippen LogP contribution in [0.2, 0.25) is 0 Å². The monoisotopic (exact) mass is 334 g/mol. The second-order valence-corrected chi connectivity index (χ2v) is 6.93. The predicted octanol–water partition coefficient (Wildman–Crippen LogP) is 1.64. The van der Waals surface area contributed by atoms with Crippen LogP contribution in [0.15, 0.2) is 17.0 Å². The first kappa shape index (κ1) is 15.7. The van der Waals surface area contributed by atoms with Crippen molar-refractivity contribution >= 4 is 26.5 Å². The second-order valence-electron chi connectivity index (χ2n) is 4.10. The van der Waals surface area contributed by atoms with Gasteiger partial charge in [-0.15, -0.1) is 10.2 Å². The predicted molar refractivity (Wildman–Crippen MR) is 74.6 cm³/mol. The van der Waals surface area contributed by atoms with Gasteiger partial charge in [-0.25, -0.2) is 17.2 Å². The third-order valence-electron chi connectivity index (χ3n) is 2.54. The number of nitrogens with zero attached hydrogens (tertiary/aromatic N) is 2. The maximum Gasteiger partial charge on any atom is 0.266 e. The zero-order valence-electron chi connectivity index (χ0n) is 11.1. The van der Waals surface area contributed by atoms with Crippen LogP contribution in [0.25, 0.3) is 0 Å². The molecule has 0 atom stereocenters. The quantitative estimate of drug-likeness (QED) is 0.868. The van der Waals surface area contributed by atoms with Gasteiger partial charge in [-0.1, -0.05) is 11.3 Å². The molecule has 0 aliphatic rings. The smallest absolute Gasteiger partial charge is 0.266 e. The molecule has 0 fully saturated rings. The fourth-order valence-corrected chi connectivity index (χ4v) is 3.56. The Hall–Kier alpha value is -1.65. The minimum absolute atomic E-state index is 0.0198. The molecule has 2 N–H and O–H groups in total. The van der Waals surface area contributed by atoms with Crippen LogP contribution in [-0.4, -0.2) is 25.7 Å². The highest BCUT2D eigenvalue weighted by molar-refractivity contribution is 7.93. The molecule has 1 heterocycles. The SMILES string of the molecule is CNCc1c(F)ccc(S(=O)(=O)Nc2nnc(C)s2)c1F. The van der Waals surface area contributed by atoms with E-state index in [1.165, 1.54) is 7.05 Å². The first-order chi connectivity index (χ1) is 9.85. The van der Waals surface area contributed by atoms with Crippen LogP contribution in [-0.2, 0) is 16.6 Å². The van der Waals surface area contributed by atoms with Gasteiger partial charge < -0.3 is 5.32 Å². The van der Waals surface area contributed by atoms with E-state index in [2.05, 4.69) is 20.2 Å². The van der Waals surface area contributed by atoms with Gasteiger partial charge in [0, 0.05) is 12.1 Å². The van der Waals surface area contributed by atoms with Crippen LogP contribution >= 0.6 is 11.3 Å². The lowest BCUT2D eigenvalue weighted by atomic mass is 10.2. The maximum atomic E-state index is 14.2. The highest BCUT2D eigenvalue weighted by Crippen LogP contribution is 2.24. The van der Waals surface area contributed by atoms with Crippen molar-refractivity contribution in [1.29, 1.82) is 0 Å². The lowest BCUT2D eigenvalue weighted by Crippen LogP contribution is -2.17. The molecule has 0 bridgehead atoms. The summed E-state index contributed by atoms with van der Waals surface area (Å²) in [5.74, 6) is -1.94. The van der Waals surface area contributed by atoms with E-state index in [9.17, 15) is 17.2 Å². The van der Waals surface area contributed by atoms with Gasteiger partial charge in [0.15, 0.2) is 5.82 Å². The normalized spacial score (nSPS) is 11.6. The van der Waals surface area contributed by atoms with E-state index < -0.39 is 26.6 Å². The van der Waals surface area contributed by atoms with Crippen molar-refractivity contribution in [2.75, 3.05) is 11.8 Å². The number of aryl methyl sites for hydroxylation is 1. The van der Waals surface area contributed by atoms with Crippen LogP contribution in [0.5, 0.6) is 0 Å². The fraction of sp³-hybridized carbons (Fsp3) is 0.273. The number of anilines is 1. The second kappa shape index (κ2) is 6.00. The molecule has 0 amide bonds. The van der Waals surface area contributed by atoms with Gasteiger partial charge in [-0.3, -0.25) is 4.72 Å². The van der Waals surface area contributed by atoms with Crippen LogP contribution in [0.3, 0.4) is 0 Å². The molecular formula is C11H12F2N4O2S2. The van der Waals surface area contributed by atoms with E-state index in [0.717, 1.165) is 23.5 Å². The van der Waals surface area contributed by atoms with Crippen molar-refractivity contribution in [3.8, 4) is 0 Å². The summed E-state index contributed by atoms with van der Waals surface area (Å²) < 4.78 is 54.1. The molecule has 6 nitrogen and oxygen atoms in total. The van der Waals surface area contributed by atoms with Gasteiger partial charge in [0.05, 0.1) is 0 Å². The molecule has 1 aromatic carbocycles. The maximum absolute atomic E-state index is 14.2. The Balaban J connectivity index is 2.42. The van der Waals surface area contributed by atoms with Gasteiger partial charge in [0.1, 0.15) is 15.7 Å². The van der Waals surface area contributed by atoms with Crippen molar-refractivity contribution in [2.45, 2.75) is 18.4 Å². The van der Waals surface area contributed by atoms with Gasteiger partial charge in [0.2, 0.25) is 5.13 Å². The number of sulfonamides is 1. The van der Waals surface area contributed by atoms with E-state index in [-0.39, 0.29) is 17.2 Å². The van der Waals surface area contributed by atoms with E-state index >= 15 is 0 Å². The molecule has 0 radical (unpaired) electrons. The highest BCUT2D eigenvalue weighted by atomic mass is 32.2. The standard InChI is InChI=1S/C11H12F2N4O2S2/c1-6-15-16-11(20-6)17-21(18,19)9-4-3-8(12)7(5-14-2)10(9)13/h3-4,14H,5H2,1-2H3,(H,16,17). The van der Waals surface area contributed by atoms with E-state index in [0.29, 0.717) is 5.01 Å². The van der Waals surface area contributed by atoms with Crippen molar-refractivity contribution in [3.63, 3.8) is 0 Å². The molecule has 0 saturated carbocycles. The first-order valence-electron chi connectivity index (χ1n) is 5.79. The third-order valence-corrected chi connectivity index (χ3v) is 4.78. The van der Waals surface area contributed by atoms with Crippen molar-refractivity contribution < 1.29 is 17.2 Å². The lowest BCUT2D eigenvalue weighted by molar-refractivity contribution is 0.522. The summed E-state index contributed by atoms with van der Waals surface area (Å²) in [5.41, 5.74) is -0.339. The van der Waals surface area contributed by atoms with Gasteiger partial charge in [-0.05, 0) is 26.1 Å². The molecule has 0 aliphatic heterocycles. The number of aromatic nitrogens is 2. The zero-order valence-corrected chi connectivity index (χ0v) is 12.8. The third kappa shape index (κ3) is 3.34. The Morgan fingerprint density at radius 2 is 2.00 bits per heavy atom. The summed E-state index contributed by atoms with van der Waals surface area (Å²) in [6.07, 6.45) is 0.